The molecule has 0 aromatic heterocycles. The summed E-state index contributed by atoms with van der Waals surface area (Å²) in [5, 5.41) is 3.01. The lowest BCUT2D eigenvalue weighted by atomic mass is 9.77. The van der Waals surface area contributed by atoms with Crippen molar-refractivity contribution in [3.63, 3.8) is 0 Å². The molecule has 3 rings (SSSR count). The fourth-order valence-electron chi connectivity index (χ4n) is 4.18. The second-order valence-electron chi connectivity index (χ2n) is 7.54. The van der Waals surface area contributed by atoms with Crippen molar-refractivity contribution in [1.29, 1.82) is 0 Å². The van der Waals surface area contributed by atoms with E-state index in [1.54, 1.807) is 0 Å². The number of quaternary nitrogens is 1. The van der Waals surface area contributed by atoms with Crippen molar-refractivity contribution >= 4 is 11.9 Å². The monoisotopic (exact) mass is 294 g/mol. The molecule has 0 bridgehead atoms. The van der Waals surface area contributed by atoms with Gasteiger partial charge in [-0.3, -0.25) is 4.79 Å². The molecule has 5 nitrogen and oxygen atoms in total. The first-order valence-corrected chi connectivity index (χ1v) is 8.48. The third-order valence-electron chi connectivity index (χ3n) is 5.62. The number of amides is 3. The Labute approximate surface area is 127 Å². The van der Waals surface area contributed by atoms with Crippen LogP contribution in [0.2, 0.25) is 0 Å². The summed E-state index contributed by atoms with van der Waals surface area (Å²) in [6.45, 7) is 7.18. The van der Waals surface area contributed by atoms with E-state index < -0.39 is 5.54 Å². The molecule has 118 valence electrons. The van der Waals surface area contributed by atoms with Crippen LogP contribution >= 0.6 is 0 Å². The number of imide groups is 1. The number of rotatable bonds is 2. The van der Waals surface area contributed by atoms with Crippen molar-refractivity contribution < 1.29 is 14.5 Å². The fraction of sp³-hybridized carbons (Fsp3) is 0.875. The van der Waals surface area contributed by atoms with Crippen LogP contribution in [0.5, 0.6) is 0 Å². The van der Waals surface area contributed by atoms with Crippen LogP contribution in [-0.4, -0.2) is 42.1 Å². The number of nitrogens with one attached hydrogen (secondary N) is 2. The molecule has 1 saturated carbocycles. The lowest BCUT2D eigenvalue weighted by Gasteiger charge is -2.34. The van der Waals surface area contributed by atoms with Crippen LogP contribution in [-0.2, 0) is 4.79 Å². The lowest BCUT2D eigenvalue weighted by molar-refractivity contribution is -0.915. The Morgan fingerprint density at radius 2 is 1.90 bits per heavy atom. The van der Waals surface area contributed by atoms with Crippen LogP contribution in [0.4, 0.5) is 4.79 Å². The van der Waals surface area contributed by atoms with Crippen molar-refractivity contribution in [2.75, 3.05) is 19.8 Å². The van der Waals surface area contributed by atoms with Gasteiger partial charge in [0.25, 0.3) is 5.91 Å². The SMILES string of the molecule is CC1CCC2(CC1)NC(=O)N(C[NH+]1CCC[C@H](C)C1)C2=O. The quantitative estimate of drug-likeness (QED) is 0.739. The molecule has 1 aliphatic carbocycles. The molecule has 3 fully saturated rings. The normalized spacial score (nSPS) is 40.7. The summed E-state index contributed by atoms with van der Waals surface area (Å²) in [7, 11) is 0. The highest BCUT2D eigenvalue weighted by Gasteiger charge is 2.53. The molecule has 2 aliphatic heterocycles. The van der Waals surface area contributed by atoms with Crippen molar-refractivity contribution in [2.24, 2.45) is 11.8 Å². The van der Waals surface area contributed by atoms with Gasteiger partial charge in [-0.15, -0.1) is 0 Å². The predicted octanol–water partition coefficient (Wildman–Crippen LogP) is 0.759. The van der Waals surface area contributed by atoms with Gasteiger partial charge in [0.15, 0.2) is 6.67 Å². The average Bonchev–Trinajstić information content (AvgIpc) is 2.67. The van der Waals surface area contributed by atoms with Crippen molar-refractivity contribution in [3.8, 4) is 0 Å². The van der Waals surface area contributed by atoms with E-state index in [2.05, 4.69) is 19.2 Å². The molecule has 1 spiro atoms. The average molecular weight is 294 g/mol. The Kier molecular flexibility index (Phi) is 3.95. The van der Waals surface area contributed by atoms with Gasteiger partial charge in [-0.1, -0.05) is 13.8 Å². The second-order valence-corrected chi connectivity index (χ2v) is 7.54. The summed E-state index contributed by atoms with van der Waals surface area (Å²) in [5.74, 6) is 1.40. The first-order valence-electron chi connectivity index (χ1n) is 8.48. The molecule has 0 aromatic rings. The minimum absolute atomic E-state index is 0.0325. The van der Waals surface area contributed by atoms with Gasteiger partial charge >= 0.3 is 6.03 Å². The zero-order valence-corrected chi connectivity index (χ0v) is 13.3. The molecule has 5 heteroatoms. The fourth-order valence-corrected chi connectivity index (χ4v) is 4.18. The van der Waals surface area contributed by atoms with Gasteiger partial charge in [0.1, 0.15) is 5.54 Å². The summed E-state index contributed by atoms with van der Waals surface area (Å²) in [6, 6.07) is -0.166. The maximum Gasteiger partial charge on any atom is 0.329 e. The van der Waals surface area contributed by atoms with E-state index in [0.29, 0.717) is 18.5 Å². The number of urea groups is 1. The van der Waals surface area contributed by atoms with E-state index >= 15 is 0 Å². The molecule has 2 N–H and O–H groups in total. The molecule has 2 saturated heterocycles. The number of piperidine rings is 1. The second kappa shape index (κ2) is 5.59. The van der Waals surface area contributed by atoms with Crippen LogP contribution < -0.4 is 10.2 Å². The smallest absolute Gasteiger partial charge is 0.323 e. The standard InChI is InChI=1S/C16H27N3O2/c1-12-5-7-16(8-6-12)14(20)19(15(21)17-16)11-18-9-3-4-13(2)10-18/h12-13H,3-11H2,1-2H3,(H,17,21)/p+1/t12?,13-,16?/m0/s1. The molecule has 3 amide bonds. The Hall–Kier alpha value is -1.10. The largest absolute Gasteiger partial charge is 0.329 e. The van der Waals surface area contributed by atoms with E-state index in [-0.39, 0.29) is 11.9 Å². The van der Waals surface area contributed by atoms with Gasteiger partial charge in [-0.2, -0.15) is 0 Å². The van der Waals surface area contributed by atoms with Crippen molar-refractivity contribution in [1.82, 2.24) is 10.2 Å². The highest BCUT2D eigenvalue weighted by atomic mass is 16.2. The zero-order chi connectivity index (χ0) is 15.0. The topological polar surface area (TPSA) is 53.9 Å². The summed E-state index contributed by atoms with van der Waals surface area (Å²) in [4.78, 5) is 27.9. The lowest BCUT2D eigenvalue weighted by Crippen LogP contribution is -3.15. The highest BCUT2D eigenvalue weighted by molar-refractivity contribution is 6.06. The minimum Gasteiger partial charge on any atom is -0.323 e. The van der Waals surface area contributed by atoms with Gasteiger partial charge in [-0.05, 0) is 44.4 Å². The van der Waals surface area contributed by atoms with Crippen LogP contribution in [0.25, 0.3) is 0 Å². The summed E-state index contributed by atoms with van der Waals surface area (Å²) < 4.78 is 0. The summed E-state index contributed by atoms with van der Waals surface area (Å²) in [5.41, 5.74) is -0.579. The molecular weight excluding hydrogens is 266 g/mol. The van der Waals surface area contributed by atoms with E-state index in [1.807, 2.05) is 0 Å². The number of hydrogen-bond donors (Lipinski definition) is 2. The molecule has 2 heterocycles. The van der Waals surface area contributed by atoms with E-state index in [4.69, 9.17) is 0 Å². The first kappa shape index (κ1) is 14.8. The predicted molar refractivity (Wildman–Crippen MR) is 79.7 cm³/mol. The minimum atomic E-state index is -0.579. The summed E-state index contributed by atoms with van der Waals surface area (Å²) >= 11 is 0. The third-order valence-corrected chi connectivity index (χ3v) is 5.62. The Balaban J connectivity index is 1.66. The Bertz CT molecular complexity index is 429. The van der Waals surface area contributed by atoms with Crippen LogP contribution in [0, 0.1) is 11.8 Å². The molecule has 21 heavy (non-hydrogen) atoms. The molecule has 2 atom stereocenters. The molecule has 0 radical (unpaired) electrons. The van der Waals surface area contributed by atoms with E-state index in [9.17, 15) is 9.59 Å². The van der Waals surface area contributed by atoms with E-state index in [0.717, 1.165) is 38.8 Å². The number of carbonyl (C=O) groups is 2. The first-order chi connectivity index (χ1) is 10.00. The van der Waals surface area contributed by atoms with Crippen LogP contribution in [0.3, 0.4) is 0 Å². The maximum atomic E-state index is 12.8. The van der Waals surface area contributed by atoms with Crippen molar-refractivity contribution in [2.45, 2.75) is 57.9 Å². The number of carbonyl (C=O) groups excluding carboxylic acids is 2. The molecular formula is C16H28N3O2+. The summed E-state index contributed by atoms with van der Waals surface area (Å²) in [6.07, 6.45) is 6.15. The van der Waals surface area contributed by atoms with Gasteiger partial charge in [-0.25, -0.2) is 9.69 Å². The maximum absolute atomic E-state index is 12.8. The van der Waals surface area contributed by atoms with Crippen LogP contribution in [0.1, 0.15) is 52.4 Å². The molecule has 3 aliphatic rings. The van der Waals surface area contributed by atoms with E-state index in [1.165, 1.54) is 22.6 Å². The number of likely N-dealkylation sites (tertiary alicyclic amines) is 1. The van der Waals surface area contributed by atoms with Gasteiger partial charge < -0.3 is 10.2 Å². The van der Waals surface area contributed by atoms with Gasteiger partial charge in [0, 0.05) is 5.92 Å². The Morgan fingerprint density at radius 3 is 2.57 bits per heavy atom. The van der Waals surface area contributed by atoms with Crippen LogP contribution in [0.15, 0.2) is 0 Å². The highest BCUT2D eigenvalue weighted by Crippen LogP contribution is 2.35. The molecule has 1 unspecified atom stereocenters. The zero-order valence-electron chi connectivity index (χ0n) is 13.3. The number of nitrogens with zero attached hydrogens (tertiary/aromatic N) is 1. The third kappa shape index (κ3) is 2.80. The van der Waals surface area contributed by atoms with Gasteiger partial charge in [0.05, 0.1) is 13.1 Å². The molecule has 0 aromatic carbocycles. The number of hydrogen-bond acceptors (Lipinski definition) is 2. The van der Waals surface area contributed by atoms with Crippen molar-refractivity contribution in [3.05, 3.63) is 0 Å². The van der Waals surface area contributed by atoms with Gasteiger partial charge in [0.2, 0.25) is 0 Å². The Morgan fingerprint density at radius 1 is 1.19 bits per heavy atom.